The Morgan fingerprint density at radius 3 is 1.64 bits per heavy atom. The monoisotopic (exact) mass is 751 g/mol. The van der Waals surface area contributed by atoms with Gasteiger partial charge in [-0.15, -0.1) is 0 Å². The zero-order valence-electron chi connectivity index (χ0n) is 32.7. The highest BCUT2D eigenvalue weighted by atomic mass is 15.0. The molecular weight excluding hydrogens is 715 g/mol. The molecule has 3 heterocycles. The number of hydrogen-bond donors (Lipinski definition) is 0. The summed E-state index contributed by atoms with van der Waals surface area (Å²) in [6, 6.07) is 67.0. The Kier molecular flexibility index (Phi) is 6.51. The van der Waals surface area contributed by atoms with Gasteiger partial charge in [-0.25, -0.2) is 4.98 Å². The largest absolute Gasteiger partial charge is 0.309 e. The summed E-state index contributed by atoms with van der Waals surface area (Å²) in [7, 11) is 0. The number of rotatable bonds is 3. The van der Waals surface area contributed by atoms with E-state index in [9.17, 15) is 0 Å². The molecule has 0 spiro atoms. The Hall–Kier alpha value is -7.49. The maximum absolute atomic E-state index is 5.17. The molecule has 0 saturated carbocycles. The lowest BCUT2D eigenvalue weighted by Crippen LogP contribution is -2.16. The van der Waals surface area contributed by atoms with Crippen LogP contribution >= 0.6 is 0 Å². The number of nitrogens with zero attached hydrogens (tertiary/aromatic N) is 3. The normalized spacial score (nSPS) is 13.4. The molecule has 3 nitrogen and oxygen atoms in total. The highest BCUT2D eigenvalue weighted by Crippen LogP contribution is 2.55. The number of hydrogen-bond acceptors (Lipinski definition) is 1. The third kappa shape index (κ3) is 4.39. The van der Waals surface area contributed by atoms with Gasteiger partial charge in [0.15, 0.2) is 0 Å². The summed E-state index contributed by atoms with van der Waals surface area (Å²) in [5, 5.41) is 12.7. The summed E-state index contributed by atoms with van der Waals surface area (Å²) >= 11 is 0. The lowest BCUT2D eigenvalue weighted by molar-refractivity contribution is 0.665. The van der Waals surface area contributed by atoms with E-state index in [2.05, 4.69) is 205 Å². The number of benzene rings is 9. The molecule has 0 aliphatic heterocycles. The molecule has 9 aromatic carbocycles. The maximum Gasteiger partial charge on any atom is 0.145 e. The number of para-hydroxylation sites is 3. The van der Waals surface area contributed by atoms with Crippen LogP contribution in [0.3, 0.4) is 0 Å². The van der Waals surface area contributed by atoms with Gasteiger partial charge < -0.3 is 4.57 Å². The Labute approximate surface area is 341 Å². The summed E-state index contributed by atoms with van der Waals surface area (Å²) < 4.78 is 4.79. The highest BCUT2D eigenvalue weighted by molar-refractivity contribution is 6.26. The van der Waals surface area contributed by atoms with Gasteiger partial charge in [-0.05, 0) is 121 Å². The molecule has 59 heavy (non-hydrogen) atoms. The molecule has 0 saturated heterocycles. The van der Waals surface area contributed by atoms with E-state index in [1.54, 1.807) is 0 Å². The maximum atomic E-state index is 5.17. The average molecular weight is 752 g/mol. The summed E-state index contributed by atoms with van der Waals surface area (Å²) in [5.74, 6) is 0. The van der Waals surface area contributed by atoms with E-state index < -0.39 is 0 Å². The van der Waals surface area contributed by atoms with Crippen LogP contribution in [0.4, 0.5) is 0 Å². The van der Waals surface area contributed by atoms with Crippen molar-refractivity contribution in [1.29, 1.82) is 0 Å². The quantitative estimate of drug-likeness (QED) is 0.165. The van der Waals surface area contributed by atoms with Crippen molar-refractivity contribution in [2.75, 3.05) is 0 Å². The van der Waals surface area contributed by atoms with Gasteiger partial charge >= 0.3 is 0 Å². The molecule has 0 atom stereocenters. The highest BCUT2D eigenvalue weighted by Gasteiger charge is 2.39. The van der Waals surface area contributed by atoms with Gasteiger partial charge in [-0.1, -0.05) is 135 Å². The topological polar surface area (TPSA) is 22.8 Å². The van der Waals surface area contributed by atoms with Crippen molar-refractivity contribution in [2.45, 2.75) is 19.3 Å². The lowest BCUT2D eigenvalue weighted by Gasteiger charge is -2.24. The van der Waals surface area contributed by atoms with Crippen molar-refractivity contribution in [3.63, 3.8) is 0 Å². The zero-order valence-corrected chi connectivity index (χ0v) is 32.7. The first-order valence-electron chi connectivity index (χ1n) is 20.5. The van der Waals surface area contributed by atoms with Crippen LogP contribution in [-0.4, -0.2) is 14.1 Å². The Morgan fingerprint density at radius 1 is 0.390 bits per heavy atom. The minimum absolute atomic E-state index is 0.253. The third-order valence-corrected chi connectivity index (χ3v) is 13.3. The summed E-state index contributed by atoms with van der Waals surface area (Å²) in [6.45, 7) is 4.86. The predicted molar refractivity (Wildman–Crippen MR) is 248 cm³/mol. The van der Waals surface area contributed by atoms with Crippen LogP contribution in [-0.2, 0) is 5.41 Å². The predicted octanol–water partition coefficient (Wildman–Crippen LogP) is 14.7. The number of pyridine rings is 1. The lowest BCUT2D eigenvalue weighted by atomic mass is 9.80. The molecule has 0 radical (unpaired) electrons. The molecule has 0 bridgehead atoms. The Balaban J connectivity index is 1.06. The van der Waals surface area contributed by atoms with E-state index in [-0.39, 0.29) is 5.41 Å². The fourth-order valence-electron chi connectivity index (χ4n) is 10.7. The van der Waals surface area contributed by atoms with Crippen LogP contribution in [0, 0.1) is 0 Å². The smallest absolute Gasteiger partial charge is 0.145 e. The Bertz CT molecular complexity index is 3740. The summed E-state index contributed by atoms with van der Waals surface area (Å²) in [5.41, 5.74) is 14.3. The van der Waals surface area contributed by atoms with Crippen molar-refractivity contribution in [3.8, 4) is 33.6 Å². The Morgan fingerprint density at radius 2 is 0.949 bits per heavy atom. The summed E-state index contributed by atoms with van der Waals surface area (Å²) in [6.07, 6.45) is 2.05. The van der Waals surface area contributed by atoms with Crippen molar-refractivity contribution in [1.82, 2.24) is 14.1 Å². The van der Waals surface area contributed by atoms with Gasteiger partial charge in [0, 0.05) is 50.1 Å². The molecular formula is C56H37N3. The molecule has 12 aromatic rings. The second kappa shape index (κ2) is 11.8. The minimum Gasteiger partial charge on any atom is -0.309 e. The van der Waals surface area contributed by atoms with Crippen LogP contribution in [0.2, 0.25) is 0 Å². The molecule has 1 aliphatic rings. The van der Waals surface area contributed by atoms with E-state index in [1.165, 1.54) is 87.5 Å². The number of fused-ring (bicyclic) bond motifs is 16. The van der Waals surface area contributed by atoms with Gasteiger partial charge in [-0.2, -0.15) is 0 Å². The van der Waals surface area contributed by atoms with Crippen LogP contribution in [0.25, 0.3) is 110 Å². The van der Waals surface area contributed by atoms with E-state index in [0.29, 0.717) is 0 Å². The molecule has 3 heteroatoms. The van der Waals surface area contributed by atoms with E-state index in [1.807, 2.05) is 6.20 Å². The first kappa shape index (κ1) is 32.6. The van der Waals surface area contributed by atoms with Crippen molar-refractivity contribution in [3.05, 3.63) is 199 Å². The molecule has 0 amide bonds. The zero-order chi connectivity index (χ0) is 39.0. The fourth-order valence-corrected chi connectivity index (χ4v) is 10.7. The molecule has 0 fully saturated rings. The van der Waals surface area contributed by atoms with Crippen LogP contribution in [0.1, 0.15) is 25.0 Å². The molecule has 1 aliphatic carbocycles. The fraction of sp³-hybridized carbons (Fsp3) is 0.0536. The molecule has 3 aromatic heterocycles. The standard InChI is InChI=1S/C56H37N3/c1-56(2)50-32-46-41-22-12-10-20-39(41)38-19-9-11-21-40(38)45(46)31-47(50)43-26-27-44-48-29-34(25-28-52(48)58(54(44)53(43)56)36-15-5-3-6-16-36)35-30-49-42-23-13-14-24-51(42)59(55(49)57-33-35)37-17-7-4-8-18-37/h3-33H,1-2H3. The first-order chi connectivity index (χ1) is 29.0. The van der Waals surface area contributed by atoms with Gasteiger partial charge in [0.1, 0.15) is 5.65 Å². The van der Waals surface area contributed by atoms with Crippen molar-refractivity contribution in [2.24, 2.45) is 0 Å². The van der Waals surface area contributed by atoms with Crippen LogP contribution in [0.5, 0.6) is 0 Å². The van der Waals surface area contributed by atoms with Gasteiger partial charge in [-0.3, -0.25) is 4.57 Å². The minimum atomic E-state index is -0.253. The van der Waals surface area contributed by atoms with Gasteiger partial charge in [0.05, 0.1) is 16.6 Å². The van der Waals surface area contributed by atoms with E-state index >= 15 is 0 Å². The van der Waals surface area contributed by atoms with E-state index in [4.69, 9.17) is 4.98 Å². The molecule has 13 rings (SSSR count). The first-order valence-corrected chi connectivity index (χ1v) is 20.5. The van der Waals surface area contributed by atoms with Crippen molar-refractivity contribution < 1.29 is 0 Å². The van der Waals surface area contributed by atoms with Crippen LogP contribution in [0.15, 0.2) is 188 Å². The van der Waals surface area contributed by atoms with Gasteiger partial charge in [0.2, 0.25) is 0 Å². The summed E-state index contributed by atoms with van der Waals surface area (Å²) in [4.78, 5) is 5.17. The van der Waals surface area contributed by atoms with E-state index in [0.717, 1.165) is 33.4 Å². The van der Waals surface area contributed by atoms with Crippen molar-refractivity contribution >= 4 is 76.1 Å². The third-order valence-electron chi connectivity index (χ3n) is 13.3. The average Bonchev–Trinajstić information content (AvgIpc) is 3.88. The van der Waals surface area contributed by atoms with Gasteiger partial charge in [0.25, 0.3) is 0 Å². The second-order valence-electron chi connectivity index (χ2n) is 16.7. The second-order valence-corrected chi connectivity index (χ2v) is 16.7. The molecule has 0 N–H and O–H groups in total. The SMILES string of the molecule is CC1(C)c2cc3c4ccccc4c4ccccc4c3cc2-c2ccc3c4cc(-c5cnc6c(c5)c5ccccc5n6-c5ccccc5)ccc4n(-c4ccccc4)c3c21. The molecule has 0 unspecified atom stereocenters. The molecule has 276 valence electrons. The van der Waals surface area contributed by atoms with Crippen LogP contribution < -0.4 is 0 Å². The number of aromatic nitrogens is 3.